The summed E-state index contributed by atoms with van der Waals surface area (Å²) in [5, 5.41) is 2.18. The van der Waals surface area contributed by atoms with Gasteiger partial charge in [0.25, 0.3) is 0 Å². The molecule has 2 N–H and O–H groups in total. The second kappa shape index (κ2) is 6.75. The van der Waals surface area contributed by atoms with E-state index in [1.165, 1.54) is 24.1 Å². The average molecular weight is 327 g/mol. The van der Waals surface area contributed by atoms with Crippen LogP contribution in [0, 0.1) is 0 Å². The van der Waals surface area contributed by atoms with Crippen molar-refractivity contribution in [2.45, 2.75) is 11.3 Å². The Bertz CT molecular complexity index is 674. The number of ether oxygens (including phenoxy) is 1. The highest BCUT2D eigenvalue weighted by molar-refractivity contribution is 7.89. The number of benzene rings is 1. The second-order valence-corrected chi connectivity index (χ2v) is 6.43. The number of nitrogens with one attached hydrogen (secondary N) is 2. The van der Waals surface area contributed by atoms with E-state index < -0.39 is 16.1 Å². The molecule has 1 fully saturated rings. The Morgan fingerprint density at radius 1 is 1.36 bits per heavy atom. The van der Waals surface area contributed by atoms with E-state index in [2.05, 4.69) is 10.0 Å². The average Bonchev–Trinajstić information content (AvgIpc) is 2.49. The third kappa shape index (κ3) is 3.95. The van der Waals surface area contributed by atoms with Gasteiger partial charge in [-0.15, -0.1) is 0 Å². The van der Waals surface area contributed by atoms with Gasteiger partial charge in [0.15, 0.2) is 0 Å². The monoisotopic (exact) mass is 327 g/mol. The van der Waals surface area contributed by atoms with E-state index in [1.807, 2.05) is 0 Å². The lowest BCUT2D eigenvalue weighted by Gasteiger charge is -2.26. The predicted molar refractivity (Wildman–Crippen MR) is 77.9 cm³/mol. The van der Waals surface area contributed by atoms with Gasteiger partial charge in [0.2, 0.25) is 15.9 Å². The number of amides is 3. The fraction of sp³-hybridized carbons (Fsp3) is 0.385. The number of urea groups is 1. The summed E-state index contributed by atoms with van der Waals surface area (Å²) in [7, 11) is -2.22. The van der Waals surface area contributed by atoms with Crippen LogP contribution in [0.2, 0.25) is 0 Å². The minimum Gasteiger partial charge on any atom is -0.497 e. The molecule has 1 saturated heterocycles. The number of nitrogens with zero attached hydrogens (tertiary/aromatic N) is 1. The lowest BCUT2D eigenvalue weighted by molar-refractivity contribution is -0.121. The quantitative estimate of drug-likeness (QED) is 0.760. The van der Waals surface area contributed by atoms with Gasteiger partial charge in [-0.05, 0) is 12.1 Å². The highest BCUT2D eigenvalue weighted by atomic mass is 32.2. The molecule has 0 bridgehead atoms. The zero-order valence-corrected chi connectivity index (χ0v) is 12.9. The number of hydrogen-bond acceptors (Lipinski definition) is 5. The lowest BCUT2D eigenvalue weighted by Crippen LogP contribution is -2.51. The molecule has 1 heterocycles. The van der Waals surface area contributed by atoms with Gasteiger partial charge in [-0.1, -0.05) is 6.07 Å². The van der Waals surface area contributed by atoms with Gasteiger partial charge >= 0.3 is 6.03 Å². The maximum Gasteiger partial charge on any atom is 0.324 e. The van der Waals surface area contributed by atoms with Crippen LogP contribution in [-0.2, 0) is 14.8 Å². The molecule has 2 rings (SSSR count). The number of sulfonamides is 1. The Hall–Kier alpha value is -2.13. The molecule has 9 heteroatoms. The van der Waals surface area contributed by atoms with Crippen molar-refractivity contribution < 1.29 is 22.7 Å². The molecule has 0 aliphatic carbocycles. The predicted octanol–water partition coefficient (Wildman–Crippen LogP) is -0.0846. The molecule has 0 atom stereocenters. The Morgan fingerprint density at radius 3 is 2.82 bits per heavy atom. The van der Waals surface area contributed by atoms with Crippen molar-refractivity contribution in [1.82, 2.24) is 14.9 Å². The number of imide groups is 1. The van der Waals surface area contributed by atoms with Crippen molar-refractivity contribution in [1.29, 1.82) is 0 Å². The molecule has 3 amide bonds. The summed E-state index contributed by atoms with van der Waals surface area (Å²) in [6.45, 7) is 0.523. The largest absolute Gasteiger partial charge is 0.497 e. The van der Waals surface area contributed by atoms with Crippen LogP contribution in [0.5, 0.6) is 5.75 Å². The van der Waals surface area contributed by atoms with Crippen molar-refractivity contribution >= 4 is 22.0 Å². The minimum atomic E-state index is -3.68. The molecule has 1 aromatic carbocycles. The third-order valence-electron chi connectivity index (χ3n) is 3.17. The maximum atomic E-state index is 12.1. The summed E-state index contributed by atoms with van der Waals surface area (Å²) >= 11 is 0. The zero-order valence-electron chi connectivity index (χ0n) is 12.0. The van der Waals surface area contributed by atoms with Gasteiger partial charge in [-0.25, -0.2) is 17.9 Å². The highest BCUT2D eigenvalue weighted by Crippen LogP contribution is 2.16. The van der Waals surface area contributed by atoms with Crippen molar-refractivity contribution in [2.24, 2.45) is 0 Å². The van der Waals surface area contributed by atoms with Crippen molar-refractivity contribution in [3.05, 3.63) is 24.3 Å². The van der Waals surface area contributed by atoms with Crippen LogP contribution in [0.4, 0.5) is 4.79 Å². The van der Waals surface area contributed by atoms with Crippen molar-refractivity contribution in [2.75, 3.05) is 26.7 Å². The lowest BCUT2D eigenvalue weighted by atomic mass is 10.3. The molecule has 0 spiro atoms. The molecule has 22 heavy (non-hydrogen) atoms. The molecule has 0 radical (unpaired) electrons. The van der Waals surface area contributed by atoms with Crippen LogP contribution < -0.4 is 14.8 Å². The fourth-order valence-corrected chi connectivity index (χ4v) is 3.03. The molecule has 0 aromatic heterocycles. The number of hydrogen-bond donors (Lipinski definition) is 2. The molecule has 8 nitrogen and oxygen atoms in total. The van der Waals surface area contributed by atoms with Crippen LogP contribution in [-0.4, -0.2) is 52.0 Å². The van der Waals surface area contributed by atoms with Gasteiger partial charge in [-0.3, -0.25) is 10.1 Å². The first-order valence-corrected chi connectivity index (χ1v) is 8.13. The van der Waals surface area contributed by atoms with Gasteiger partial charge in [0.05, 0.1) is 12.0 Å². The number of rotatable bonds is 6. The van der Waals surface area contributed by atoms with E-state index in [9.17, 15) is 18.0 Å². The fourth-order valence-electron chi connectivity index (χ4n) is 1.98. The van der Waals surface area contributed by atoms with E-state index in [4.69, 9.17) is 4.74 Å². The number of carbonyl (C=O) groups is 2. The Morgan fingerprint density at radius 2 is 2.14 bits per heavy atom. The normalized spacial score (nSPS) is 15.6. The summed E-state index contributed by atoms with van der Waals surface area (Å²) in [4.78, 5) is 24.0. The Labute approximate surface area is 128 Å². The van der Waals surface area contributed by atoms with Gasteiger partial charge in [-0.2, -0.15) is 0 Å². The first-order valence-electron chi connectivity index (χ1n) is 6.65. The van der Waals surface area contributed by atoms with Crippen LogP contribution >= 0.6 is 0 Å². The summed E-state index contributed by atoms with van der Waals surface area (Å²) in [6, 6.07) is 5.59. The molecular formula is C13H17N3O5S. The van der Waals surface area contributed by atoms with Crippen LogP contribution in [0.3, 0.4) is 0 Å². The van der Waals surface area contributed by atoms with Crippen LogP contribution in [0.1, 0.15) is 6.42 Å². The van der Waals surface area contributed by atoms with Crippen LogP contribution in [0.15, 0.2) is 29.2 Å². The minimum absolute atomic E-state index is 0.0567. The molecule has 0 unspecified atom stereocenters. The third-order valence-corrected chi connectivity index (χ3v) is 4.63. The molecular weight excluding hydrogens is 310 g/mol. The van der Waals surface area contributed by atoms with E-state index in [1.54, 1.807) is 12.1 Å². The van der Waals surface area contributed by atoms with E-state index in [0.717, 1.165) is 0 Å². The highest BCUT2D eigenvalue weighted by Gasteiger charge is 2.23. The van der Waals surface area contributed by atoms with Crippen molar-refractivity contribution in [3.63, 3.8) is 0 Å². The topological polar surface area (TPSA) is 105 Å². The zero-order chi connectivity index (χ0) is 16.2. The number of methoxy groups -OCH3 is 1. The summed E-state index contributed by atoms with van der Waals surface area (Å²) in [6.07, 6.45) is 0.217. The first kappa shape index (κ1) is 16.2. The van der Waals surface area contributed by atoms with Crippen molar-refractivity contribution in [3.8, 4) is 5.75 Å². The Balaban J connectivity index is 1.92. The SMILES string of the molecule is COc1cccc(S(=O)(=O)NCCN2CCC(=O)NC2=O)c1. The molecule has 0 saturated carbocycles. The second-order valence-electron chi connectivity index (χ2n) is 4.67. The first-order chi connectivity index (χ1) is 10.4. The molecule has 1 aromatic rings. The van der Waals surface area contributed by atoms with Gasteiger partial charge < -0.3 is 9.64 Å². The molecule has 1 aliphatic rings. The van der Waals surface area contributed by atoms with Gasteiger partial charge in [0.1, 0.15) is 5.75 Å². The summed E-state index contributed by atoms with van der Waals surface area (Å²) in [5.41, 5.74) is 0. The molecule has 120 valence electrons. The summed E-state index contributed by atoms with van der Waals surface area (Å²) < 4.78 is 31.7. The smallest absolute Gasteiger partial charge is 0.324 e. The standard InChI is InChI=1S/C13H17N3O5S/c1-21-10-3-2-4-11(9-10)22(19,20)14-6-8-16-7-5-12(17)15-13(16)18/h2-4,9,14H,5-8H2,1H3,(H,15,17,18). The van der Waals surface area contributed by atoms with E-state index in [-0.39, 0.29) is 36.9 Å². The van der Waals surface area contributed by atoms with E-state index >= 15 is 0 Å². The Kier molecular flexibility index (Phi) is 4.99. The molecule has 1 aliphatic heterocycles. The maximum absolute atomic E-state index is 12.1. The van der Waals surface area contributed by atoms with Crippen LogP contribution in [0.25, 0.3) is 0 Å². The number of carbonyl (C=O) groups excluding carboxylic acids is 2. The van der Waals surface area contributed by atoms with Gasteiger partial charge in [0, 0.05) is 32.1 Å². The van der Waals surface area contributed by atoms with E-state index in [0.29, 0.717) is 5.75 Å². The summed E-state index contributed by atoms with van der Waals surface area (Å²) in [5.74, 6) is 0.120.